The van der Waals surface area contributed by atoms with Crippen molar-refractivity contribution in [1.82, 2.24) is 14.8 Å². The Kier molecular flexibility index (Phi) is 5.38. The van der Waals surface area contributed by atoms with Crippen LogP contribution >= 0.6 is 11.8 Å². The van der Waals surface area contributed by atoms with Crippen molar-refractivity contribution in [2.45, 2.75) is 31.8 Å². The Morgan fingerprint density at radius 2 is 2.00 bits per heavy atom. The molecule has 1 heterocycles. The number of amides is 1. The third kappa shape index (κ3) is 3.85. The lowest BCUT2D eigenvalue weighted by atomic mass is 10.1. The van der Waals surface area contributed by atoms with Gasteiger partial charge in [0.25, 0.3) is 0 Å². The van der Waals surface area contributed by atoms with Crippen LogP contribution in [0, 0.1) is 0 Å². The summed E-state index contributed by atoms with van der Waals surface area (Å²) in [4.78, 5) is 12.1. The Hall–Kier alpha value is -1.82. The zero-order valence-corrected chi connectivity index (χ0v) is 13.4. The van der Waals surface area contributed by atoms with Gasteiger partial charge >= 0.3 is 0 Å². The first-order valence-corrected chi connectivity index (χ1v) is 8.03. The molecule has 1 amide bonds. The van der Waals surface area contributed by atoms with Crippen molar-refractivity contribution in [3.63, 3.8) is 0 Å². The van der Waals surface area contributed by atoms with Crippen molar-refractivity contribution in [1.29, 1.82) is 0 Å². The molecule has 5 nitrogen and oxygen atoms in total. The van der Waals surface area contributed by atoms with Gasteiger partial charge in [-0.3, -0.25) is 4.79 Å². The first-order chi connectivity index (χ1) is 10.2. The van der Waals surface area contributed by atoms with Crippen LogP contribution in [0.3, 0.4) is 0 Å². The fourth-order valence-corrected chi connectivity index (χ4v) is 2.78. The Bertz CT molecular complexity index is 624. The van der Waals surface area contributed by atoms with E-state index in [1.165, 1.54) is 11.8 Å². The molecule has 0 radical (unpaired) electrons. The molecule has 0 aliphatic rings. The topological polar surface area (TPSA) is 59.8 Å². The number of hydrogen-bond acceptors (Lipinski definition) is 4. The number of nitrogens with one attached hydrogen (secondary N) is 1. The Balaban J connectivity index is 1.94. The molecule has 6 heteroatoms. The number of carbonyl (C=O) groups is 1. The summed E-state index contributed by atoms with van der Waals surface area (Å²) in [6, 6.07) is 7.87. The number of anilines is 1. The third-order valence-electron chi connectivity index (χ3n) is 3.25. The fourth-order valence-electron chi connectivity index (χ4n) is 2.05. The van der Waals surface area contributed by atoms with E-state index < -0.39 is 0 Å². The lowest BCUT2D eigenvalue weighted by Gasteiger charge is -2.09. The minimum absolute atomic E-state index is 0.0260. The Morgan fingerprint density at radius 1 is 1.24 bits per heavy atom. The van der Waals surface area contributed by atoms with Gasteiger partial charge in [0.15, 0.2) is 5.16 Å². The van der Waals surface area contributed by atoms with Gasteiger partial charge in [-0.2, -0.15) is 0 Å². The van der Waals surface area contributed by atoms with Crippen LogP contribution < -0.4 is 5.32 Å². The molecular formula is C15H20N4OS. The van der Waals surface area contributed by atoms with Gasteiger partial charge in [0.1, 0.15) is 5.82 Å². The van der Waals surface area contributed by atoms with Gasteiger partial charge in [-0.15, -0.1) is 10.2 Å². The number of aromatic nitrogens is 3. The Labute approximate surface area is 129 Å². The monoisotopic (exact) mass is 304 g/mol. The van der Waals surface area contributed by atoms with Gasteiger partial charge in [0, 0.05) is 19.2 Å². The van der Waals surface area contributed by atoms with Crippen molar-refractivity contribution in [2.75, 3.05) is 11.1 Å². The van der Waals surface area contributed by atoms with E-state index in [4.69, 9.17) is 0 Å². The highest BCUT2D eigenvalue weighted by atomic mass is 32.2. The summed E-state index contributed by atoms with van der Waals surface area (Å²) >= 11 is 1.40. The van der Waals surface area contributed by atoms with Crippen molar-refractivity contribution in [2.24, 2.45) is 7.05 Å². The summed E-state index contributed by atoms with van der Waals surface area (Å²) in [5.41, 5.74) is 2.03. The van der Waals surface area contributed by atoms with Crippen LogP contribution in [0.2, 0.25) is 0 Å². The summed E-state index contributed by atoms with van der Waals surface area (Å²) in [5.74, 6) is 1.23. The molecule has 2 aromatic rings. The number of nitrogens with zero attached hydrogens (tertiary/aromatic N) is 3. The van der Waals surface area contributed by atoms with E-state index >= 15 is 0 Å². The second-order valence-electron chi connectivity index (χ2n) is 4.66. The molecule has 0 saturated carbocycles. The molecule has 0 fully saturated rings. The fraction of sp³-hybridized carbons (Fsp3) is 0.400. The first kappa shape index (κ1) is 15.6. The molecule has 0 saturated heterocycles. The van der Waals surface area contributed by atoms with Crippen LogP contribution in [0.15, 0.2) is 29.4 Å². The van der Waals surface area contributed by atoms with Gasteiger partial charge in [-0.1, -0.05) is 43.8 Å². The molecule has 0 unspecified atom stereocenters. The van der Waals surface area contributed by atoms with Crippen molar-refractivity contribution in [3.8, 4) is 0 Å². The number of carbonyl (C=O) groups excluding carboxylic acids is 1. The van der Waals surface area contributed by atoms with Crippen LogP contribution in [0.25, 0.3) is 0 Å². The second-order valence-corrected chi connectivity index (χ2v) is 5.60. The average Bonchev–Trinajstić information content (AvgIpc) is 2.86. The largest absolute Gasteiger partial charge is 0.325 e. The third-order valence-corrected chi connectivity index (χ3v) is 4.27. The summed E-state index contributed by atoms with van der Waals surface area (Å²) in [7, 11) is 1.92. The van der Waals surface area contributed by atoms with E-state index in [9.17, 15) is 4.79 Å². The number of para-hydroxylation sites is 1. The number of hydrogen-bond donors (Lipinski definition) is 1. The molecule has 1 aromatic carbocycles. The number of aryl methyl sites for hydroxylation is 2. The molecule has 0 atom stereocenters. The maximum atomic E-state index is 12.1. The van der Waals surface area contributed by atoms with Crippen LogP contribution in [0.1, 0.15) is 25.2 Å². The molecule has 21 heavy (non-hydrogen) atoms. The van der Waals surface area contributed by atoms with Crippen LogP contribution in [0.4, 0.5) is 5.69 Å². The van der Waals surface area contributed by atoms with E-state index in [2.05, 4.69) is 22.4 Å². The zero-order valence-electron chi connectivity index (χ0n) is 12.6. The van der Waals surface area contributed by atoms with Gasteiger partial charge in [0.05, 0.1) is 5.75 Å². The van der Waals surface area contributed by atoms with E-state index in [0.717, 1.165) is 35.1 Å². The molecule has 0 bridgehead atoms. The van der Waals surface area contributed by atoms with Gasteiger partial charge in [-0.25, -0.2) is 0 Å². The van der Waals surface area contributed by atoms with Crippen LogP contribution in [0.5, 0.6) is 0 Å². The molecule has 1 aromatic heterocycles. The first-order valence-electron chi connectivity index (χ1n) is 7.04. The maximum Gasteiger partial charge on any atom is 0.234 e. The summed E-state index contributed by atoms with van der Waals surface area (Å²) in [6.07, 6.45) is 1.73. The summed E-state index contributed by atoms with van der Waals surface area (Å²) in [5, 5.41) is 11.9. The Morgan fingerprint density at radius 3 is 2.67 bits per heavy atom. The lowest BCUT2D eigenvalue weighted by Crippen LogP contribution is -2.15. The van der Waals surface area contributed by atoms with Crippen LogP contribution in [-0.2, 0) is 24.7 Å². The highest BCUT2D eigenvalue weighted by molar-refractivity contribution is 7.99. The molecule has 0 spiro atoms. The maximum absolute atomic E-state index is 12.1. The standard InChI is InChI=1S/C15H20N4OS/c1-4-11-8-6-7-9-12(11)16-14(20)10-21-15-18-17-13(5-2)19(15)3/h6-9H,4-5,10H2,1-3H3,(H,16,20). The average molecular weight is 304 g/mol. The number of thioether (sulfide) groups is 1. The molecule has 0 aliphatic heterocycles. The molecule has 1 N–H and O–H groups in total. The second kappa shape index (κ2) is 7.26. The van der Waals surface area contributed by atoms with Crippen molar-refractivity contribution >= 4 is 23.4 Å². The van der Waals surface area contributed by atoms with Gasteiger partial charge in [0.2, 0.25) is 5.91 Å². The predicted molar refractivity (Wildman–Crippen MR) is 85.6 cm³/mol. The SMILES string of the molecule is CCc1ccccc1NC(=O)CSc1nnc(CC)n1C. The minimum atomic E-state index is -0.0260. The minimum Gasteiger partial charge on any atom is -0.325 e. The van der Waals surface area contributed by atoms with Crippen molar-refractivity contribution in [3.05, 3.63) is 35.7 Å². The number of rotatable bonds is 6. The van der Waals surface area contributed by atoms with Gasteiger partial charge in [-0.05, 0) is 18.1 Å². The van der Waals surface area contributed by atoms with E-state index in [0.29, 0.717) is 5.75 Å². The van der Waals surface area contributed by atoms with E-state index in [-0.39, 0.29) is 5.91 Å². The summed E-state index contributed by atoms with van der Waals surface area (Å²) in [6.45, 7) is 4.11. The molecule has 0 aliphatic carbocycles. The number of benzene rings is 1. The zero-order chi connectivity index (χ0) is 15.2. The predicted octanol–water partition coefficient (Wildman–Crippen LogP) is 2.67. The highest BCUT2D eigenvalue weighted by Crippen LogP contribution is 2.18. The van der Waals surface area contributed by atoms with E-state index in [1.54, 1.807) is 0 Å². The van der Waals surface area contributed by atoms with Crippen molar-refractivity contribution < 1.29 is 4.79 Å². The smallest absolute Gasteiger partial charge is 0.234 e. The van der Waals surface area contributed by atoms with Gasteiger partial charge < -0.3 is 9.88 Å². The molecular weight excluding hydrogens is 284 g/mol. The quantitative estimate of drug-likeness (QED) is 0.834. The van der Waals surface area contributed by atoms with Crippen LogP contribution in [-0.4, -0.2) is 26.4 Å². The highest BCUT2D eigenvalue weighted by Gasteiger charge is 2.11. The summed E-state index contributed by atoms with van der Waals surface area (Å²) < 4.78 is 1.93. The normalized spacial score (nSPS) is 10.6. The molecule has 2 rings (SSSR count). The lowest BCUT2D eigenvalue weighted by molar-refractivity contribution is -0.113. The van der Waals surface area contributed by atoms with E-state index in [1.807, 2.05) is 42.8 Å². The molecule has 112 valence electrons.